The van der Waals surface area contributed by atoms with Gasteiger partial charge in [0.2, 0.25) is 0 Å². The minimum Gasteiger partial charge on any atom is -0.264 e. The Labute approximate surface area is 71.8 Å². The topological polar surface area (TPSA) is 43.7 Å². The van der Waals surface area contributed by atoms with Gasteiger partial charge in [0.15, 0.2) is 0 Å². The second kappa shape index (κ2) is 4.09. The maximum Gasteiger partial charge on any atom is 0.0974 e. The zero-order valence-electron chi connectivity index (χ0n) is 7.07. The fourth-order valence-corrected chi connectivity index (χ4v) is 1.19. The number of anilines is 1. The lowest BCUT2D eigenvalue weighted by atomic mass is 10.1. The van der Waals surface area contributed by atoms with Crippen LogP contribution in [0.4, 0.5) is 5.69 Å². The van der Waals surface area contributed by atoms with Crippen molar-refractivity contribution in [3.05, 3.63) is 29.8 Å². The molecule has 2 N–H and O–H groups in total. The average molecular weight is 167 g/mol. The van der Waals surface area contributed by atoms with Crippen LogP contribution in [0.25, 0.3) is 0 Å². The minimum absolute atomic E-state index is 0.172. The summed E-state index contributed by atoms with van der Waals surface area (Å²) in [4.78, 5) is 0. The van der Waals surface area contributed by atoms with E-state index in [1.165, 1.54) is 0 Å². The van der Waals surface area contributed by atoms with Gasteiger partial charge < -0.3 is 0 Å². The van der Waals surface area contributed by atoms with Crippen molar-refractivity contribution in [2.24, 2.45) is 0 Å². The molecule has 3 nitrogen and oxygen atoms in total. The Bertz CT molecular complexity index is 248. The van der Waals surface area contributed by atoms with Gasteiger partial charge >= 0.3 is 0 Å². The van der Waals surface area contributed by atoms with Crippen LogP contribution in [-0.2, 0) is 6.42 Å². The molecular formula is C9H13NO2. The number of hydrogen-bond acceptors (Lipinski definition) is 3. The summed E-state index contributed by atoms with van der Waals surface area (Å²) in [5, 5.41) is 17.8. The van der Waals surface area contributed by atoms with Crippen LogP contribution in [0.15, 0.2) is 24.3 Å². The van der Waals surface area contributed by atoms with Crippen LogP contribution >= 0.6 is 0 Å². The molecule has 66 valence electrons. The van der Waals surface area contributed by atoms with Crippen LogP contribution in [0, 0.1) is 0 Å². The zero-order valence-corrected chi connectivity index (χ0v) is 7.07. The first kappa shape index (κ1) is 9.03. The molecule has 3 heteroatoms. The number of nitrogens with zero attached hydrogens (tertiary/aromatic N) is 1. The Morgan fingerprint density at radius 2 is 1.92 bits per heavy atom. The maximum absolute atomic E-state index is 8.82. The average Bonchev–Trinajstić information content (AvgIpc) is 2.05. The molecule has 0 saturated heterocycles. The summed E-state index contributed by atoms with van der Waals surface area (Å²) in [6.45, 7) is 2.05. The van der Waals surface area contributed by atoms with E-state index in [4.69, 9.17) is 10.4 Å². The first-order valence-electron chi connectivity index (χ1n) is 4.01. The smallest absolute Gasteiger partial charge is 0.0974 e. The standard InChI is InChI=1S/C9H13NO2/c1-2-5-8-6-3-4-7-9(8)10(11)12/h3-4,6-7,11-12H,2,5H2,1H3. The zero-order chi connectivity index (χ0) is 8.97. The highest BCUT2D eigenvalue weighted by Gasteiger charge is 2.04. The van der Waals surface area contributed by atoms with E-state index in [0.29, 0.717) is 5.69 Å². The summed E-state index contributed by atoms with van der Waals surface area (Å²) in [6, 6.07) is 7.22. The van der Waals surface area contributed by atoms with Crippen LogP contribution in [-0.4, -0.2) is 10.4 Å². The van der Waals surface area contributed by atoms with Crippen LogP contribution in [0.2, 0.25) is 0 Å². The summed E-state index contributed by atoms with van der Waals surface area (Å²) >= 11 is 0. The molecular weight excluding hydrogens is 154 g/mol. The van der Waals surface area contributed by atoms with Gasteiger partial charge in [-0.15, -0.1) is 5.23 Å². The van der Waals surface area contributed by atoms with Crippen molar-refractivity contribution >= 4 is 5.69 Å². The van der Waals surface area contributed by atoms with Gasteiger partial charge in [0, 0.05) is 0 Å². The van der Waals surface area contributed by atoms with Crippen molar-refractivity contribution in [1.82, 2.24) is 0 Å². The van der Waals surface area contributed by atoms with E-state index in [2.05, 4.69) is 6.92 Å². The highest BCUT2D eigenvalue weighted by molar-refractivity contribution is 5.49. The molecule has 0 amide bonds. The van der Waals surface area contributed by atoms with E-state index in [1.54, 1.807) is 12.1 Å². The molecule has 0 bridgehead atoms. The number of hydrogen-bond donors (Lipinski definition) is 2. The molecule has 1 aromatic rings. The van der Waals surface area contributed by atoms with E-state index in [9.17, 15) is 0 Å². The lowest BCUT2D eigenvalue weighted by Crippen LogP contribution is -2.13. The molecule has 12 heavy (non-hydrogen) atoms. The molecule has 0 heterocycles. The lowest BCUT2D eigenvalue weighted by molar-refractivity contribution is 0.0287. The van der Waals surface area contributed by atoms with Crippen molar-refractivity contribution in [1.29, 1.82) is 0 Å². The fourth-order valence-electron chi connectivity index (χ4n) is 1.19. The SMILES string of the molecule is CCCc1ccccc1N(O)O. The van der Waals surface area contributed by atoms with E-state index >= 15 is 0 Å². The largest absolute Gasteiger partial charge is 0.264 e. The third-order valence-corrected chi connectivity index (χ3v) is 1.73. The van der Waals surface area contributed by atoms with E-state index < -0.39 is 0 Å². The van der Waals surface area contributed by atoms with Gasteiger partial charge in [0.25, 0.3) is 0 Å². The predicted molar refractivity (Wildman–Crippen MR) is 46.5 cm³/mol. The second-order valence-electron chi connectivity index (χ2n) is 2.67. The van der Waals surface area contributed by atoms with Crippen molar-refractivity contribution < 1.29 is 10.4 Å². The molecule has 0 aliphatic carbocycles. The molecule has 0 atom stereocenters. The van der Waals surface area contributed by atoms with Gasteiger partial charge in [0.1, 0.15) is 0 Å². The fraction of sp³-hybridized carbons (Fsp3) is 0.333. The van der Waals surface area contributed by atoms with Gasteiger partial charge in [-0.05, 0) is 18.1 Å². The second-order valence-corrected chi connectivity index (χ2v) is 2.67. The third-order valence-electron chi connectivity index (χ3n) is 1.73. The molecule has 0 fully saturated rings. The third kappa shape index (κ3) is 1.96. The minimum atomic E-state index is 0.172. The number of para-hydroxylation sites is 1. The molecule has 0 aromatic heterocycles. The summed E-state index contributed by atoms with van der Waals surface area (Å²) in [5.41, 5.74) is 1.41. The van der Waals surface area contributed by atoms with E-state index in [-0.39, 0.29) is 5.23 Å². The molecule has 0 aliphatic rings. The monoisotopic (exact) mass is 167 g/mol. The van der Waals surface area contributed by atoms with Gasteiger partial charge in [-0.2, -0.15) is 0 Å². The lowest BCUT2D eigenvalue weighted by Gasteiger charge is -2.12. The molecule has 0 radical (unpaired) electrons. The Balaban J connectivity index is 2.92. The Hall–Kier alpha value is -1.06. The summed E-state index contributed by atoms with van der Waals surface area (Å²) in [6.07, 6.45) is 1.85. The summed E-state index contributed by atoms with van der Waals surface area (Å²) in [5.74, 6) is 0. The summed E-state index contributed by atoms with van der Waals surface area (Å²) < 4.78 is 0. The normalized spacial score (nSPS) is 9.92. The van der Waals surface area contributed by atoms with Crippen LogP contribution in [0.5, 0.6) is 0 Å². The van der Waals surface area contributed by atoms with Crippen molar-refractivity contribution in [2.75, 3.05) is 5.23 Å². The quantitative estimate of drug-likeness (QED) is 0.678. The van der Waals surface area contributed by atoms with Crippen LogP contribution in [0.3, 0.4) is 0 Å². The number of rotatable bonds is 3. The van der Waals surface area contributed by atoms with Gasteiger partial charge in [-0.1, -0.05) is 31.5 Å². The van der Waals surface area contributed by atoms with Gasteiger partial charge in [-0.3, -0.25) is 10.4 Å². The van der Waals surface area contributed by atoms with Crippen molar-refractivity contribution in [3.8, 4) is 0 Å². The molecule has 1 aromatic carbocycles. The van der Waals surface area contributed by atoms with Crippen LogP contribution in [0.1, 0.15) is 18.9 Å². The maximum atomic E-state index is 8.82. The van der Waals surface area contributed by atoms with Crippen molar-refractivity contribution in [3.63, 3.8) is 0 Å². The first-order valence-corrected chi connectivity index (χ1v) is 4.01. The van der Waals surface area contributed by atoms with E-state index in [0.717, 1.165) is 18.4 Å². The Morgan fingerprint density at radius 1 is 1.25 bits per heavy atom. The molecule has 0 aliphatic heterocycles. The molecule has 0 spiro atoms. The van der Waals surface area contributed by atoms with Gasteiger partial charge in [-0.25, -0.2) is 0 Å². The molecule has 1 rings (SSSR count). The highest BCUT2D eigenvalue weighted by atomic mass is 16.8. The first-order chi connectivity index (χ1) is 5.75. The van der Waals surface area contributed by atoms with E-state index in [1.807, 2.05) is 12.1 Å². The van der Waals surface area contributed by atoms with Crippen LogP contribution < -0.4 is 5.23 Å². The summed E-state index contributed by atoms with van der Waals surface area (Å²) in [7, 11) is 0. The number of benzene rings is 1. The number of aryl methyl sites for hydroxylation is 1. The molecule has 0 unspecified atom stereocenters. The predicted octanol–water partition coefficient (Wildman–Crippen LogP) is 2.22. The van der Waals surface area contributed by atoms with Crippen molar-refractivity contribution in [2.45, 2.75) is 19.8 Å². The Morgan fingerprint density at radius 3 is 2.50 bits per heavy atom. The highest BCUT2D eigenvalue weighted by Crippen LogP contribution is 2.18. The Kier molecular flexibility index (Phi) is 3.08. The molecule has 0 saturated carbocycles. The van der Waals surface area contributed by atoms with Gasteiger partial charge in [0.05, 0.1) is 5.69 Å².